The number of rotatable bonds is 7. The van der Waals surface area contributed by atoms with Crippen LogP contribution in [0.25, 0.3) is 0 Å². The fourth-order valence-corrected chi connectivity index (χ4v) is 2.27. The van der Waals surface area contributed by atoms with Crippen LogP contribution >= 0.6 is 15.9 Å². The lowest BCUT2D eigenvalue weighted by Gasteiger charge is -2.14. The molecular weight excluding hydrogens is 324 g/mol. The fourth-order valence-electron chi connectivity index (χ4n) is 1.66. The first-order valence-corrected chi connectivity index (χ1v) is 7.12. The van der Waals surface area contributed by atoms with Gasteiger partial charge in [0.05, 0.1) is 17.2 Å². The summed E-state index contributed by atoms with van der Waals surface area (Å²) < 4.78 is 11.4. The van der Waals surface area contributed by atoms with Crippen molar-refractivity contribution in [2.75, 3.05) is 13.2 Å². The summed E-state index contributed by atoms with van der Waals surface area (Å²) in [6, 6.07) is 7.60. The lowest BCUT2D eigenvalue weighted by molar-refractivity contribution is 0.105. The largest absolute Gasteiger partial charge is 0.490 e. The van der Waals surface area contributed by atoms with E-state index in [1.165, 1.54) is 0 Å². The molecule has 0 spiro atoms. The predicted octanol–water partition coefficient (Wildman–Crippen LogP) is 2.28. The number of hydrogen-bond acceptors (Lipinski definition) is 5. The van der Waals surface area contributed by atoms with E-state index >= 15 is 0 Å². The van der Waals surface area contributed by atoms with Crippen molar-refractivity contribution in [1.29, 1.82) is 0 Å². The molecule has 0 radical (unpaired) electrons. The number of benzene rings is 1. The van der Waals surface area contributed by atoms with E-state index in [1.54, 1.807) is 12.3 Å². The monoisotopic (exact) mass is 340 g/mol. The zero-order valence-electron chi connectivity index (χ0n) is 11.2. The molecule has 20 heavy (non-hydrogen) atoms. The number of nitrogens with one attached hydrogen (secondary N) is 1. The highest BCUT2D eigenvalue weighted by Gasteiger charge is 2.07. The van der Waals surface area contributed by atoms with E-state index in [-0.39, 0.29) is 6.61 Å². The highest BCUT2D eigenvalue weighted by atomic mass is 79.9. The number of halogens is 1. The maximum absolute atomic E-state index is 9.84. The topological polar surface area (TPSA) is 67.5 Å². The standard InChI is InChI=1S/C14H17BrN2O3/c1-10-2-3-14(13(15)6-10)19-9-11(18)7-16-8-12-4-5-17-20-12/h2-6,11,16,18H,7-9H2,1H3. The molecule has 0 aliphatic rings. The quantitative estimate of drug-likeness (QED) is 0.809. The highest BCUT2D eigenvalue weighted by molar-refractivity contribution is 9.10. The molecule has 5 nitrogen and oxygen atoms in total. The molecule has 0 aliphatic carbocycles. The van der Waals surface area contributed by atoms with Gasteiger partial charge in [-0.3, -0.25) is 0 Å². The highest BCUT2D eigenvalue weighted by Crippen LogP contribution is 2.25. The first-order valence-electron chi connectivity index (χ1n) is 6.32. The van der Waals surface area contributed by atoms with E-state index in [0.29, 0.717) is 13.1 Å². The van der Waals surface area contributed by atoms with Crippen molar-refractivity contribution in [1.82, 2.24) is 10.5 Å². The van der Waals surface area contributed by atoms with Crippen LogP contribution in [0.4, 0.5) is 0 Å². The average molecular weight is 341 g/mol. The lowest BCUT2D eigenvalue weighted by atomic mass is 10.2. The summed E-state index contributed by atoms with van der Waals surface area (Å²) in [5, 5.41) is 16.5. The van der Waals surface area contributed by atoms with E-state index < -0.39 is 6.10 Å². The summed E-state index contributed by atoms with van der Waals surface area (Å²) in [5.74, 6) is 1.46. The third-order valence-corrected chi connectivity index (χ3v) is 3.31. The van der Waals surface area contributed by atoms with Crippen LogP contribution in [0.1, 0.15) is 11.3 Å². The zero-order chi connectivity index (χ0) is 14.4. The molecular formula is C14H17BrN2O3. The van der Waals surface area contributed by atoms with Crippen LogP contribution in [0, 0.1) is 6.92 Å². The van der Waals surface area contributed by atoms with Gasteiger partial charge in [0.1, 0.15) is 24.2 Å². The Kier molecular flexibility index (Phi) is 5.58. The minimum absolute atomic E-state index is 0.227. The number of ether oxygens (including phenoxy) is 1. The molecule has 0 fully saturated rings. The van der Waals surface area contributed by atoms with Crippen LogP contribution in [0.15, 0.2) is 39.5 Å². The third kappa shape index (κ3) is 4.63. The Morgan fingerprint density at radius 2 is 2.30 bits per heavy atom. The molecule has 1 unspecified atom stereocenters. The van der Waals surface area contributed by atoms with Gasteiger partial charge in [0.15, 0.2) is 0 Å². The summed E-state index contributed by atoms with van der Waals surface area (Å²) in [6.07, 6.45) is 0.997. The summed E-state index contributed by atoms with van der Waals surface area (Å²) in [7, 11) is 0. The van der Waals surface area contributed by atoms with Crippen molar-refractivity contribution in [2.24, 2.45) is 0 Å². The second kappa shape index (κ2) is 7.42. The maximum Gasteiger partial charge on any atom is 0.150 e. The smallest absolute Gasteiger partial charge is 0.150 e. The Balaban J connectivity index is 1.70. The fraction of sp³-hybridized carbons (Fsp3) is 0.357. The van der Waals surface area contributed by atoms with Crippen LogP contribution in [0.5, 0.6) is 5.75 Å². The maximum atomic E-state index is 9.84. The van der Waals surface area contributed by atoms with E-state index in [2.05, 4.69) is 26.4 Å². The normalized spacial score (nSPS) is 12.3. The van der Waals surface area contributed by atoms with Crippen LogP contribution < -0.4 is 10.1 Å². The van der Waals surface area contributed by atoms with Crippen LogP contribution in [0.3, 0.4) is 0 Å². The van der Waals surface area contributed by atoms with Gasteiger partial charge in [0, 0.05) is 12.6 Å². The average Bonchev–Trinajstić information content (AvgIpc) is 2.91. The summed E-state index contributed by atoms with van der Waals surface area (Å²) >= 11 is 3.43. The van der Waals surface area contributed by atoms with Gasteiger partial charge >= 0.3 is 0 Å². The van der Waals surface area contributed by atoms with Crippen LogP contribution in [-0.4, -0.2) is 29.5 Å². The molecule has 0 amide bonds. The van der Waals surface area contributed by atoms with Crippen molar-refractivity contribution < 1.29 is 14.4 Å². The van der Waals surface area contributed by atoms with Gasteiger partial charge in [-0.1, -0.05) is 11.2 Å². The SMILES string of the molecule is Cc1ccc(OCC(O)CNCc2ccno2)c(Br)c1. The number of hydrogen-bond donors (Lipinski definition) is 2. The van der Waals surface area contributed by atoms with Crippen molar-refractivity contribution in [2.45, 2.75) is 19.6 Å². The number of aliphatic hydroxyl groups is 1. The van der Waals surface area contributed by atoms with Gasteiger partial charge < -0.3 is 19.7 Å². The van der Waals surface area contributed by atoms with Crippen LogP contribution in [-0.2, 0) is 6.54 Å². The first-order chi connectivity index (χ1) is 9.65. The second-order valence-corrected chi connectivity index (χ2v) is 5.36. The summed E-state index contributed by atoms with van der Waals surface area (Å²) in [6.45, 7) is 3.19. The number of aromatic nitrogens is 1. The molecule has 0 saturated carbocycles. The van der Waals surface area contributed by atoms with Crippen LogP contribution in [0.2, 0.25) is 0 Å². The van der Waals surface area contributed by atoms with Crippen molar-refractivity contribution in [3.05, 3.63) is 46.3 Å². The molecule has 1 atom stereocenters. The molecule has 2 rings (SSSR count). The molecule has 0 bridgehead atoms. The number of aryl methyl sites for hydroxylation is 1. The van der Waals surface area contributed by atoms with Crippen molar-refractivity contribution in [3.63, 3.8) is 0 Å². The third-order valence-electron chi connectivity index (χ3n) is 2.69. The van der Waals surface area contributed by atoms with Gasteiger partial charge in [-0.05, 0) is 40.5 Å². The Bertz CT molecular complexity index is 531. The van der Waals surface area contributed by atoms with E-state index in [1.807, 2.05) is 25.1 Å². The lowest BCUT2D eigenvalue weighted by Crippen LogP contribution is -2.31. The van der Waals surface area contributed by atoms with Gasteiger partial charge in [-0.15, -0.1) is 0 Å². The van der Waals surface area contributed by atoms with E-state index in [0.717, 1.165) is 21.5 Å². The minimum Gasteiger partial charge on any atom is -0.490 e. The Labute approximate surface area is 126 Å². The van der Waals surface area contributed by atoms with E-state index in [9.17, 15) is 5.11 Å². The van der Waals surface area contributed by atoms with Gasteiger partial charge in [0.2, 0.25) is 0 Å². The van der Waals surface area contributed by atoms with Crippen molar-refractivity contribution in [3.8, 4) is 5.75 Å². The molecule has 6 heteroatoms. The van der Waals surface area contributed by atoms with Gasteiger partial charge in [0.25, 0.3) is 0 Å². The van der Waals surface area contributed by atoms with Crippen molar-refractivity contribution >= 4 is 15.9 Å². The number of aliphatic hydroxyl groups excluding tert-OH is 1. The zero-order valence-corrected chi connectivity index (χ0v) is 12.8. The molecule has 1 aromatic carbocycles. The Morgan fingerprint density at radius 1 is 1.45 bits per heavy atom. The predicted molar refractivity (Wildman–Crippen MR) is 78.6 cm³/mol. The minimum atomic E-state index is -0.592. The second-order valence-electron chi connectivity index (χ2n) is 4.51. The van der Waals surface area contributed by atoms with E-state index in [4.69, 9.17) is 9.26 Å². The Morgan fingerprint density at radius 3 is 3.00 bits per heavy atom. The van der Waals surface area contributed by atoms with Gasteiger partial charge in [-0.2, -0.15) is 0 Å². The Hall–Kier alpha value is -1.37. The molecule has 0 aliphatic heterocycles. The molecule has 108 valence electrons. The summed E-state index contributed by atoms with van der Waals surface area (Å²) in [5.41, 5.74) is 1.15. The molecule has 1 aromatic heterocycles. The first kappa shape index (κ1) is 15.0. The molecule has 0 saturated heterocycles. The van der Waals surface area contributed by atoms with Gasteiger partial charge in [-0.25, -0.2) is 0 Å². The molecule has 1 heterocycles. The summed E-state index contributed by atoms with van der Waals surface area (Å²) in [4.78, 5) is 0. The molecule has 2 N–H and O–H groups in total. The molecule has 2 aromatic rings. The number of nitrogens with zero attached hydrogens (tertiary/aromatic N) is 1.